The van der Waals surface area contributed by atoms with Crippen molar-refractivity contribution >= 4 is 5.91 Å². The van der Waals surface area contributed by atoms with Gasteiger partial charge in [0, 0.05) is 13.1 Å². The van der Waals surface area contributed by atoms with E-state index < -0.39 is 0 Å². The van der Waals surface area contributed by atoms with Gasteiger partial charge in [-0.25, -0.2) is 5.06 Å². The first-order valence-electron chi connectivity index (χ1n) is 8.12. The van der Waals surface area contributed by atoms with Crippen LogP contribution in [0.1, 0.15) is 32.1 Å². The Morgan fingerprint density at radius 1 is 1.20 bits per heavy atom. The van der Waals surface area contributed by atoms with Gasteiger partial charge in [-0.15, -0.1) is 0 Å². The van der Waals surface area contributed by atoms with E-state index in [0.717, 1.165) is 31.8 Å². The van der Waals surface area contributed by atoms with Gasteiger partial charge in [-0.3, -0.25) is 9.63 Å². The molecule has 0 unspecified atom stereocenters. The first-order valence-corrected chi connectivity index (χ1v) is 8.12. The molecule has 5 heteroatoms. The van der Waals surface area contributed by atoms with Crippen LogP contribution in [0.4, 0.5) is 0 Å². The Morgan fingerprint density at radius 3 is 2.85 bits per heavy atom. The maximum absolute atomic E-state index is 12.3. The van der Waals surface area contributed by atoms with E-state index in [2.05, 4.69) is 4.90 Å². The zero-order valence-corrected chi connectivity index (χ0v) is 12.0. The summed E-state index contributed by atoms with van der Waals surface area (Å²) in [7, 11) is 0. The molecule has 20 heavy (non-hydrogen) atoms. The van der Waals surface area contributed by atoms with Crippen LogP contribution >= 0.6 is 0 Å². The average Bonchev–Trinajstić information content (AvgIpc) is 2.96. The van der Waals surface area contributed by atoms with Crippen molar-refractivity contribution in [3.63, 3.8) is 0 Å². The van der Waals surface area contributed by atoms with Crippen molar-refractivity contribution in [3.05, 3.63) is 0 Å². The van der Waals surface area contributed by atoms with E-state index in [0.29, 0.717) is 12.5 Å². The van der Waals surface area contributed by atoms with Crippen LogP contribution in [0.15, 0.2) is 0 Å². The number of fused-ring (bicyclic) bond motifs is 1. The predicted octanol–water partition coefficient (Wildman–Crippen LogP) is 1.04. The van der Waals surface area contributed by atoms with Crippen molar-refractivity contribution in [3.8, 4) is 0 Å². The van der Waals surface area contributed by atoms with Gasteiger partial charge < -0.3 is 9.64 Å². The number of hydroxylamine groups is 2. The van der Waals surface area contributed by atoms with Crippen molar-refractivity contribution in [2.45, 2.75) is 44.3 Å². The predicted molar refractivity (Wildman–Crippen MR) is 72.8 cm³/mol. The molecule has 3 heterocycles. The molecule has 1 aliphatic carbocycles. The fourth-order valence-corrected chi connectivity index (χ4v) is 3.77. The molecule has 4 rings (SSSR count). The molecule has 4 aliphatic rings. The highest BCUT2D eigenvalue weighted by Gasteiger charge is 2.44. The number of nitrogens with zero attached hydrogens (tertiary/aromatic N) is 2. The number of rotatable bonds is 3. The largest absolute Gasteiger partial charge is 0.363 e. The first-order chi connectivity index (χ1) is 9.79. The van der Waals surface area contributed by atoms with Crippen molar-refractivity contribution < 1.29 is 14.4 Å². The third-order valence-corrected chi connectivity index (χ3v) is 5.12. The normalized spacial score (nSPS) is 38.2. The standard InChI is InChI=1S/C15H24N2O3/c18-15(17-5-1-7-19-17)13-8-12-4-6-16(9-11-2-3-11)10-14(12)20-13/h11-14H,1-10H2/t12-,13-,14+/m0/s1. The molecule has 0 aromatic rings. The molecule has 3 saturated heterocycles. The van der Waals surface area contributed by atoms with E-state index in [1.54, 1.807) is 0 Å². The Kier molecular flexibility index (Phi) is 3.44. The van der Waals surface area contributed by atoms with Gasteiger partial charge in [0.15, 0.2) is 0 Å². The summed E-state index contributed by atoms with van der Waals surface area (Å²) in [5.41, 5.74) is 0. The third kappa shape index (κ3) is 2.59. The van der Waals surface area contributed by atoms with Crippen LogP contribution in [0.3, 0.4) is 0 Å². The van der Waals surface area contributed by atoms with Gasteiger partial charge in [0.2, 0.25) is 0 Å². The zero-order chi connectivity index (χ0) is 13.5. The van der Waals surface area contributed by atoms with Gasteiger partial charge in [0.25, 0.3) is 5.91 Å². The van der Waals surface area contributed by atoms with Gasteiger partial charge in [0.05, 0.1) is 19.3 Å². The van der Waals surface area contributed by atoms with Crippen molar-refractivity contribution in [2.24, 2.45) is 11.8 Å². The second kappa shape index (κ2) is 5.28. The van der Waals surface area contributed by atoms with E-state index in [1.165, 1.54) is 37.4 Å². The van der Waals surface area contributed by atoms with Crippen LogP contribution in [0, 0.1) is 11.8 Å². The second-order valence-corrected chi connectivity index (χ2v) is 6.78. The summed E-state index contributed by atoms with van der Waals surface area (Å²) in [5.74, 6) is 1.55. The van der Waals surface area contributed by atoms with Gasteiger partial charge in [-0.2, -0.15) is 0 Å². The number of amides is 1. The Labute approximate surface area is 120 Å². The number of hydrogen-bond donors (Lipinski definition) is 0. The minimum Gasteiger partial charge on any atom is -0.363 e. The summed E-state index contributed by atoms with van der Waals surface area (Å²) in [6.07, 6.45) is 5.82. The number of carbonyl (C=O) groups excluding carboxylic acids is 1. The molecule has 0 aromatic carbocycles. The molecule has 0 aromatic heterocycles. The SMILES string of the molecule is O=C([C@@H]1C[C@@H]2CCN(CC3CC3)C[C@H]2O1)N1CCCO1. The number of likely N-dealkylation sites (tertiary alicyclic amines) is 1. The van der Waals surface area contributed by atoms with Crippen LogP contribution < -0.4 is 0 Å². The lowest BCUT2D eigenvalue weighted by Crippen LogP contribution is -2.43. The molecular weight excluding hydrogens is 256 g/mol. The molecule has 0 bridgehead atoms. The molecule has 0 radical (unpaired) electrons. The molecule has 112 valence electrons. The van der Waals surface area contributed by atoms with Crippen molar-refractivity contribution in [2.75, 3.05) is 32.8 Å². The van der Waals surface area contributed by atoms with Crippen LogP contribution in [0.2, 0.25) is 0 Å². The Bertz CT molecular complexity index is 379. The van der Waals surface area contributed by atoms with Crippen LogP contribution in [-0.4, -0.2) is 60.9 Å². The van der Waals surface area contributed by atoms with E-state index in [4.69, 9.17) is 9.57 Å². The number of piperidine rings is 1. The number of ether oxygens (including phenoxy) is 1. The fourth-order valence-electron chi connectivity index (χ4n) is 3.77. The van der Waals surface area contributed by atoms with E-state index in [-0.39, 0.29) is 18.1 Å². The molecule has 1 saturated carbocycles. The Hall–Kier alpha value is -0.650. The highest BCUT2D eigenvalue weighted by atomic mass is 16.7. The van der Waals surface area contributed by atoms with E-state index in [1.807, 2.05) is 0 Å². The maximum atomic E-state index is 12.3. The number of hydrogen-bond acceptors (Lipinski definition) is 4. The molecular formula is C15H24N2O3. The Balaban J connectivity index is 1.33. The molecule has 4 fully saturated rings. The zero-order valence-electron chi connectivity index (χ0n) is 12.0. The molecule has 1 amide bonds. The summed E-state index contributed by atoms with van der Waals surface area (Å²) in [6, 6.07) is 0. The van der Waals surface area contributed by atoms with Crippen LogP contribution in [0.25, 0.3) is 0 Å². The smallest absolute Gasteiger partial charge is 0.275 e. The Morgan fingerprint density at radius 2 is 2.10 bits per heavy atom. The van der Waals surface area contributed by atoms with Gasteiger partial charge in [0.1, 0.15) is 6.10 Å². The lowest BCUT2D eigenvalue weighted by atomic mass is 9.91. The monoisotopic (exact) mass is 280 g/mol. The quantitative estimate of drug-likeness (QED) is 0.774. The van der Waals surface area contributed by atoms with Gasteiger partial charge in [-0.1, -0.05) is 0 Å². The number of carbonyl (C=O) groups is 1. The minimum absolute atomic E-state index is 0.0469. The lowest BCUT2D eigenvalue weighted by Gasteiger charge is -2.34. The van der Waals surface area contributed by atoms with Crippen molar-refractivity contribution in [1.29, 1.82) is 0 Å². The van der Waals surface area contributed by atoms with E-state index >= 15 is 0 Å². The summed E-state index contributed by atoms with van der Waals surface area (Å²) >= 11 is 0. The maximum Gasteiger partial charge on any atom is 0.275 e. The highest BCUT2D eigenvalue weighted by Crippen LogP contribution is 2.36. The summed E-state index contributed by atoms with van der Waals surface area (Å²) in [4.78, 5) is 20.2. The van der Waals surface area contributed by atoms with Crippen LogP contribution in [0.5, 0.6) is 0 Å². The average molecular weight is 280 g/mol. The first kappa shape index (κ1) is 13.0. The highest BCUT2D eigenvalue weighted by molar-refractivity contribution is 5.80. The van der Waals surface area contributed by atoms with Crippen molar-refractivity contribution in [1.82, 2.24) is 9.96 Å². The molecule has 3 atom stereocenters. The van der Waals surface area contributed by atoms with E-state index in [9.17, 15) is 4.79 Å². The summed E-state index contributed by atoms with van der Waals surface area (Å²) in [6.45, 7) is 4.83. The van der Waals surface area contributed by atoms with Crippen LogP contribution in [-0.2, 0) is 14.4 Å². The summed E-state index contributed by atoms with van der Waals surface area (Å²) in [5, 5.41) is 1.52. The fraction of sp³-hybridized carbons (Fsp3) is 0.933. The molecule has 0 spiro atoms. The third-order valence-electron chi connectivity index (χ3n) is 5.12. The van der Waals surface area contributed by atoms with Gasteiger partial charge >= 0.3 is 0 Å². The van der Waals surface area contributed by atoms with Gasteiger partial charge in [-0.05, 0) is 50.5 Å². The topological polar surface area (TPSA) is 42.0 Å². The second-order valence-electron chi connectivity index (χ2n) is 6.78. The molecule has 3 aliphatic heterocycles. The summed E-state index contributed by atoms with van der Waals surface area (Å²) < 4.78 is 6.06. The minimum atomic E-state index is -0.260. The molecule has 0 N–H and O–H groups in total. The lowest BCUT2D eigenvalue weighted by molar-refractivity contribution is -0.180. The molecule has 5 nitrogen and oxygen atoms in total.